The van der Waals surface area contributed by atoms with E-state index < -0.39 is 10.1 Å². The second kappa shape index (κ2) is 7.74. The molecule has 2 aromatic carbocycles. The zero-order chi connectivity index (χ0) is 18.7. The molecule has 5 heteroatoms. The number of hydrogen-bond acceptors (Lipinski definition) is 3. The van der Waals surface area contributed by atoms with Crippen LogP contribution < -0.4 is 0 Å². The van der Waals surface area contributed by atoms with Crippen LogP contribution in [0.1, 0.15) is 35.1 Å². The van der Waals surface area contributed by atoms with Crippen molar-refractivity contribution in [3.63, 3.8) is 0 Å². The Balaban J connectivity index is 0.000000349. The standard InChI is InChI=1S/C20H21N.CH4O3S/c1-21-12-10-19-17-8-4-2-6-15(17)14-16-7-3-5-9-18(16)20(19)11-13-21;1-5(2,3)4/h2-9H,10-14H2,1H3;1H3,(H,2,3,4). The average molecular weight is 372 g/mol. The van der Waals surface area contributed by atoms with E-state index in [0.29, 0.717) is 6.26 Å². The summed E-state index contributed by atoms with van der Waals surface area (Å²) in [6.45, 7) is 2.32. The van der Waals surface area contributed by atoms with Crippen LogP contribution in [-0.4, -0.2) is 44.3 Å². The summed E-state index contributed by atoms with van der Waals surface area (Å²) in [5.41, 5.74) is 9.11. The molecule has 1 aliphatic heterocycles. The third-order valence-electron chi connectivity index (χ3n) is 4.92. The highest BCUT2D eigenvalue weighted by Crippen LogP contribution is 2.40. The summed E-state index contributed by atoms with van der Waals surface area (Å²) in [6.07, 6.45) is 4.11. The molecule has 2 aliphatic rings. The molecule has 1 heterocycles. The van der Waals surface area contributed by atoms with Crippen LogP contribution in [0, 0.1) is 0 Å². The molecule has 0 aromatic heterocycles. The summed E-state index contributed by atoms with van der Waals surface area (Å²) >= 11 is 0. The first-order valence-corrected chi connectivity index (χ1v) is 10.7. The summed E-state index contributed by atoms with van der Waals surface area (Å²) in [6, 6.07) is 18.0. The zero-order valence-corrected chi connectivity index (χ0v) is 16.1. The summed E-state index contributed by atoms with van der Waals surface area (Å²) in [5, 5.41) is 0. The topological polar surface area (TPSA) is 57.6 Å². The van der Waals surface area contributed by atoms with E-state index in [-0.39, 0.29) is 0 Å². The Hall–Kier alpha value is -1.95. The van der Waals surface area contributed by atoms with Gasteiger partial charge in [-0.3, -0.25) is 4.55 Å². The molecule has 0 amide bonds. The van der Waals surface area contributed by atoms with Crippen LogP contribution in [-0.2, 0) is 16.5 Å². The fourth-order valence-electron chi connectivity index (χ4n) is 3.76. The van der Waals surface area contributed by atoms with Crippen molar-refractivity contribution in [3.8, 4) is 0 Å². The molecule has 1 aliphatic carbocycles. The van der Waals surface area contributed by atoms with Crippen molar-refractivity contribution in [2.45, 2.75) is 19.3 Å². The van der Waals surface area contributed by atoms with Gasteiger partial charge in [0, 0.05) is 13.1 Å². The highest BCUT2D eigenvalue weighted by Gasteiger charge is 2.23. The van der Waals surface area contributed by atoms with Crippen molar-refractivity contribution in [1.82, 2.24) is 4.90 Å². The van der Waals surface area contributed by atoms with E-state index in [1.165, 1.54) is 22.3 Å². The molecule has 26 heavy (non-hydrogen) atoms. The first-order chi connectivity index (χ1) is 12.3. The van der Waals surface area contributed by atoms with E-state index in [1.54, 1.807) is 11.1 Å². The lowest BCUT2D eigenvalue weighted by Crippen LogP contribution is -2.19. The van der Waals surface area contributed by atoms with Gasteiger partial charge in [0.15, 0.2) is 0 Å². The third-order valence-corrected chi connectivity index (χ3v) is 4.92. The van der Waals surface area contributed by atoms with Gasteiger partial charge in [0.1, 0.15) is 0 Å². The fourth-order valence-corrected chi connectivity index (χ4v) is 3.76. The van der Waals surface area contributed by atoms with E-state index >= 15 is 0 Å². The van der Waals surface area contributed by atoms with Crippen LogP contribution in [0.2, 0.25) is 0 Å². The molecule has 0 radical (unpaired) electrons. The van der Waals surface area contributed by atoms with Crippen LogP contribution in [0.25, 0.3) is 11.1 Å². The number of rotatable bonds is 0. The maximum atomic E-state index is 9.19. The molecule has 2 aromatic rings. The third kappa shape index (κ3) is 4.61. The molecule has 0 unspecified atom stereocenters. The molecule has 0 saturated carbocycles. The van der Waals surface area contributed by atoms with E-state index in [1.807, 2.05) is 0 Å². The first-order valence-electron chi connectivity index (χ1n) is 8.82. The zero-order valence-electron chi connectivity index (χ0n) is 15.3. The Morgan fingerprint density at radius 1 is 0.846 bits per heavy atom. The Bertz CT molecular complexity index is 864. The fraction of sp³-hybridized carbons (Fsp3) is 0.333. The molecule has 0 spiro atoms. The molecule has 0 fully saturated rings. The highest BCUT2D eigenvalue weighted by atomic mass is 32.2. The van der Waals surface area contributed by atoms with Crippen LogP contribution in [0.5, 0.6) is 0 Å². The second-order valence-corrected chi connectivity index (χ2v) is 8.45. The highest BCUT2D eigenvalue weighted by molar-refractivity contribution is 7.85. The molecular formula is C21H25NO3S. The Morgan fingerprint density at radius 2 is 1.23 bits per heavy atom. The van der Waals surface area contributed by atoms with Crippen molar-refractivity contribution in [3.05, 3.63) is 70.8 Å². The van der Waals surface area contributed by atoms with Gasteiger partial charge in [0.05, 0.1) is 6.26 Å². The van der Waals surface area contributed by atoms with Crippen LogP contribution in [0.3, 0.4) is 0 Å². The van der Waals surface area contributed by atoms with Gasteiger partial charge in [-0.25, -0.2) is 0 Å². The largest absolute Gasteiger partial charge is 0.306 e. The van der Waals surface area contributed by atoms with E-state index in [9.17, 15) is 8.42 Å². The SMILES string of the molecule is CN1CCC2=C(CC1)c1ccccc1Cc1ccccc12.CS(=O)(=O)O. The van der Waals surface area contributed by atoms with Gasteiger partial charge >= 0.3 is 0 Å². The number of fused-ring (bicyclic) bond motifs is 4. The van der Waals surface area contributed by atoms with E-state index in [0.717, 1.165) is 32.4 Å². The minimum atomic E-state index is -3.67. The molecule has 4 nitrogen and oxygen atoms in total. The minimum absolute atomic E-state index is 0.715. The maximum Gasteiger partial charge on any atom is 0.261 e. The Labute approximate surface area is 155 Å². The smallest absolute Gasteiger partial charge is 0.261 e. The van der Waals surface area contributed by atoms with Crippen molar-refractivity contribution >= 4 is 21.3 Å². The van der Waals surface area contributed by atoms with Crippen LogP contribution in [0.15, 0.2) is 48.5 Å². The number of hydrogen-bond donors (Lipinski definition) is 1. The summed E-state index contributed by atoms with van der Waals surface area (Å²) in [5.74, 6) is 0. The van der Waals surface area contributed by atoms with Crippen LogP contribution in [0.4, 0.5) is 0 Å². The Kier molecular flexibility index (Phi) is 5.61. The lowest BCUT2D eigenvalue weighted by Gasteiger charge is -2.14. The van der Waals surface area contributed by atoms with Gasteiger partial charge < -0.3 is 4.90 Å². The van der Waals surface area contributed by atoms with Gasteiger partial charge in [-0.1, -0.05) is 48.5 Å². The lowest BCUT2D eigenvalue weighted by atomic mass is 9.91. The molecule has 138 valence electrons. The second-order valence-electron chi connectivity index (χ2n) is 6.98. The van der Waals surface area contributed by atoms with Crippen molar-refractivity contribution in [1.29, 1.82) is 0 Å². The van der Waals surface area contributed by atoms with Gasteiger partial charge in [0.2, 0.25) is 0 Å². The van der Waals surface area contributed by atoms with E-state index in [4.69, 9.17) is 4.55 Å². The summed E-state index contributed by atoms with van der Waals surface area (Å²) < 4.78 is 25.9. The predicted octanol–water partition coefficient (Wildman–Crippen LogP) is 3.73. The van der Waals surface area contributed by atoms with E-state index in [2.05, 4.69) is 60.5 Å². The molecule has 0 saturated heterocycles. The summed E-state index contributed by atoms with van der Waals surface area (Å²) in [7, 11) is -1.43. The Morgan fingerprint density at radius 3 is 1.65 bits per heavy atom. The first kappa shape index (κ1) is 18.8. The molecule has 4 rings (SSSR count). The normalized spacial score (nSPS) is 17.0. The van der Waals surface area contributed by atoms with Crippen molar-refractivity contribution in [2.24, 2.45) is 0 Å². The number of nitrogens with zero attached hydrogens (tertiary/aromatic N) is 1. The number of benzene rings is 2. The molecule has 1 N–H and O–H groups in total. The molecular weight excluding hydrogens is 346 g/mol. The molecule has 0 bridgehead atoms. The maximum absolute atomic E-state index is 9.19. The van der Waals surface area contributed by atoms with Crippen molar-refractivity contribution in [2.75, 3.05) is 26.4 Å². The van der Waals surface area contributed by atoms with Gasteiger partial charge in [0.25, 0.3) is 10.1 Å². The van der Waals surface area contributed by atoms with Gasteiger partial charge in [-0.05, 0) is 59.7 Å². The predicted molar refractivity (Wildman–Crippen MR) is 107 cm³/mol. The summed E-state index contributed by atoms with van der Waals surface area (Å²) in [4.78, 5) is 2.46. The molecule has 0 atom stereocenters. The quantitative estimate of drug-likeness (QED) is 0.717. The minimum Gasteiger partial charge on any atom is -0.306 e. The van der Waals surface area contributed by atoms with Crippen molar-refractivity contribution < 1.29 is 13.0 Å². The van der Waals surface area contributed by atoms with Crippen LogP contribution >= 0.6 is 0 Å². The average Bonchev–Trinajstić information content (AvgIpc) is 2.83. The lowest BCUT2D eigenvalue weighted by molar-refractivity contribution is 0.356. The van der Waals surface area contributed by atoms with Gasteiger partial charge in [-0.15, -0.1) is 0 Å². The van der Waals surface area contributed by atoms with Gasteiger partial charge in [-0.2, -0.15) is 8.42 Å². The monoisotopic (exact) mass is 371 g/mol.